The lowest BCUT2D eigenvalue weighted by atomic mass is 9.88. The Bertz CT molecular complexity index is 643. The van der Waals surface area contributed by atoms with Crippen molar-refractivity contribution in [3.05, 3.63) is 28.8 Å². The molecule has 0 aliphatic rings. The number of carboxylic acids is 1. The molecular weight excluding hydrogens is 316 g/mol. The standard InChI is InChI=1S/C17H26O5S/c1-10(2)13-7-14(11(3)4)17(15(8-13)12(5)6)22-23(20,21)9-16(18)19/h7-8,10-12H,9H2,1-6H3,(H,18,19). The lowest BCUT2D eigenvalue weighted by molar-refractivity contribution is -0.134. The molecular formula is C17H26O5S. The van der Waals surface area contributed by atoms with E-state index in [9.17, 15) is 13.2 Å². The Kier molecular flexibility index (Phi) is 6.22. The Morgan fingerprint density at radius 1 is 1.00 bits per heavy atom. The maximum atomic E-state index is 12.0. The van der Waals surface area contributed by atoms with Gasteiger partial charge < -0.3 is 9.29 Å². The van der Waals surface area contributed by atoms with Gasteiger partial charge in [0.25, 0.3) is 0 Å². The number of benzene rings is 1. The average molecular weight is 342 g/mol. The molecule has 1 rings (SSSR count). The summed E-state index contributed by atoms with van der Waals surface area (Å²) in [5.41, 5.74) is 2.68. The van der Waals surface area contributed by atoms with E-state index in [0.29, 0.717) is 5.92 Å². The molecule has 0 fully saturated rings. The molecule has 0 spiro atoms. The minimum Gasteiger partial charge on any atom is -0.480 e. The maximum absolute atomic E-state index is 12.0. The summed E-state index contributed by atoms with van der Waals surface area (Å²) in [6.45, 7) is 12.0. The topological polar surface area (TPSA) is 80.7 Å². The van der Waals surface area contributed by atoms with Gasteiger partial charge in [-0.25, -0.2) is 0 Å². The first-order valence-corrected chi connectivity index (χ1v) is 9.34. The highest BCUT2D eigenvalue weighted by molar-refractivity contribution is 7.87. The Morgan fingerprint density at radius 3 is 1.74 bits per heavy atom. The first-order chi connectivity index (χ1) is 10.4. The van der Waals surface area contributed by atoms with Gasteiger partial charge in [0.05, 0.1) is 0 Å². The van der Waals surface area contributed by atoms with Crippen LogP contribution in [0.3, 0.4) is 0 Å². The van der Waals surface area contributed by atoms with Gasteiger partial charge in [0.2, 0.25) is 0 Å². The molecule has 0 aliphatic heterocycles. The molecule has 0 atom stereocenters. The predicted molar refractivity (Wildman–Crippen MR) is 90.8 cm³/mol. The van der Waals surface area contributed by atoms with Crippen LogP contribution in [0.2, 0.25) is 0 Å². The monoisotopic (exact) mass is 342 g/mol. The summed E-state index contributed by atoms with van der Waals surface area (Å²) in [7, 11) is -4.18. The Hall–Kier alpha value is -1.56. The van der Waals surface area contributed by atoms with Gasteiger partial charge in [0, 0.05) is 0 Å². The molecule has 0 amide bonds. The molecule has 0 aliphatic carbocycles. The van der Waals surface area contributed by atoms with Gasteiger partial charge in [-0.3, -0.25) is 4.79 Å². The fraction of sp³-hybridized carbons (Fsp3) is 0.588. The highest BCUT2D eigenvalue weighted by atomic mass is 32.2. The summed E-state index contributed by atoms with van der Waals surface area (Å²) in [5.74, 6) is -1.78. The molecule has 5 nitrogen and oxygen atoms in total. The normalized spacial score (nSPS) is 12.2. The smallest absolute Gasteiger partial charge is 0.322 e. The molecule has 0 unspecified atom stereocenters. The number of rotatable bonds is 7. The third-order valence-electron chi connectivity index (χ3n) is 3.59. The fourth-order valence-electron chi connectivity index (χ4n) is 2.29. The van der Waals surface area contributed by atoms with Gasteiger partial charge in [0.1, 0.15) is 5.75 Å². The number of carbonyl (C=O) groups is 1. The summed E-state index contributed by atoms with van der Waals surface area (Å²) in [6.07, 6.45) is 0. The summed E-state index contributed by atoms with van der Waals surface area (Å²) < 4.78 is 29.2. The molecule has 0 saturated heterocycles. The van der Waals surface area contributed by atoms with E-state index >= 15 is 0 Å². The summed E-state index contributed by atoms with van der Waals surface area (Å²) in [4.78, 5) is 10.7. The van der Waals surface area contributed by atoms with Gasteiger partial charge in [-0.05, 0) is 34.4 Å². The Labute approximate surface area is 138 Å². The first-order valence-electron chi connectivity index (χ1n) is 7.76. The van der Waals surface area contributed by atoms with Gasteiger partial charge in [-0.2, -0.15) is 8.42 Å². The van der Waals surface area contributed by atoms with Crippen LogP contribution in [0, 0.1) is 0 Å². The highest BCUT2D eigenvalue weighted by Gasteiger charge is 2.25. The van der Waals surface area contributed by atoms with Crippen molar-refractivity contribution < 1.29 is 22.5 Å². The molecule has 1 aromatic carbocycles. The van der Waals surface area contributed by atoms with Crippen molar-refractivity contribution in [3.63, 3.8) is 0 Å². The van der Waals surface area contributed by atoms with Gasteiger partial charge in [0.15, 0.2) is 5.75 Å². The first kappa shape index (κ1) is 19.5. The van der Waals surface area contributed by atoms with Crippen LogP contribution in [0.5, 0.6) is 5.75 Å². The van der Waals surface area contributed by atoms with Crippen LogP contribution in [-0.2, 0) is 14.9 Å². The Morgan fingerprint density at radius 2 is 1.43 bits per heavy atom. The van der Waals surface area contributed by atoms with E-state index in [-0.39, 0.29) is 17.6 Å². The molecule has 1 aromatic rings. The molecule has 0 aromatic heterocycles. The van der Waals surface area contributed by atoms with Crippen molar-refractivity contribution in [3.8, 4) is 5.75 Å². The van der Waals surface area contributed by atoms with Gasteiger partial charge >= 0.3 is 16.1 Å². The van der Waals surface area contributed by atoms with Crippen LogP contribution < -0.4 is 4.18 Å². The molecule has 0 radical (unpaired) electrons. The maximum Gasteiger partial charge on any atom is 0.322 e. The van der Waals surface area contributed by atoms with Crippen LogP contribution in [0.25, 0.3) is 0 Å². The van der Waals surface area contributed by atoms with E-state index in [4.69, 9.17) is 9.29 Å². The van der Waals surface area contributed by atoms with Crippen molar-refractivity contribution in [2.75, 3.05) is 5.75 Å². The number of hydrogen-bond acceptors (Lipinski definition) is 4. The zero-order chi connectivity index (χ0) is 17.9. The van der Waals surface area contributed by atoms with Crippen LogP contribution in [0.1, 0.15) is 76.0 Å². The van der Waals surface area contributed by atoms with E-state index < -0.39 is 21.8 Å². The largest absolute Gasteiger partial charge is 0.480 e. The number of aliphatic carboxylic acids is 1. The number of carboxylic acid groups (broad SMARTS) is 1. The van der Waals surface area contributed by atoms with E-state index in [1.165, 1.54) is 0 Å². The minimum atomic E-state index is -4.18. The molecule has 1 N–H and O–H groups in total. The second kappa shape index (κ2) is 7.34. The van der Waals surface area contributed by atoms with E-state index in [1.54, 1.807) is 0 Å². The van der Waals surface area contributed by atoms with Crippen molar-refractivity contribution in [2.45, 2.75) is 59.3 Å². The highest BCUT2D eigenvalue weighted by Crippen LogP contribution is 2.38. The molecule has 0 saturated carbocycles. The summed E-state index contributed by atoms with van der Waals surface area (Å²) in [5, 5.41) is 8.74. The molecule has 130 valence electrons. The van der Waals surface area contributed by atoms with Crippen molar-refractivity contribution in [2.24, 2.45) is 0 Å². The summed E-state index contributed by atoms with van der Waals surface area (Å²) >= 11 is 0. The quantitative estimate of drug-likeness (QED) is 0.761. The van der Waals surface area contributed by atoms with Gasteiger partial charge in [-0.15, -0.1) is 0 Å². The molecule has 0 heterocycles. The van der Waals surface area contributed by atoms with Gasteiger partial charge in [-0.1, -0.05) is 53.7 Å². The molecule has 23 heavy (non-hydrogen) atoms. The van der Waals surface area contributed by atoms with Crippen LogP contribution in [0.4, 0.5) is 0 Å². The fourth-order valence-corrected chi connectivity index (χ4v) is 3.10. The van der Waals surface area contributed by atoms with Crippen molar-refractivity contribution in [1.29, 1.82) is 0 Å². The van der Waals surface area contributed by atoms with Crippen LogP contribution in [-0.4, -0.2) is 25.2 Å². The lowest BCUT2D eigenvalue weighted by Crippen LogP contribution is -2.22. The molecule has 6 heteroatoms. The number of hydrogen-bond donors (Lipinski definition) is 1. The van der Waals surface area contributed by atoms with E-state index in [1.807, 2.05) is 39.8 Å². The second-order valence-electron chi connectivity index (χ2n) is 6.67. The van der Waals surface area contributed by atoms with Crippen molar-refractivity contribution in [1.82, 2.24) is 0 Å². The zero-order valence-corrected chi connectivity index (χ0v) is 15.4. The van der Waals surface area contributed by atoms with Crippen LogP contribution in [0.15, 0.2) is 12.1 Å². The average Bonchev–Trinajstić information content (AvgIpc) is 2.35. The zero-order valence-electron chi connectivity index (χ0n) is 14.6. The summed E-state index contributed by atoms with van der Waals surface area (Å²) in [6, 6.07) is 3.90. The predicted octanol–water partition coefficient (Wildman–Crippen LogP) is 3.85. The minimum absolute atomic E-state index is 0.0567. The van der Waals surface area contributed by atoms with Crippen LogP contribution >= 0.6 is 0 Å². The second-order valence-corrected chi connectivity index (χ2v) is 8.24. The van der Waals surface area contributed by atoms with E-state index in [0.717, 1.165) is 16.7 Å². The van der Waals surface area contributed by atoms with E-state index in [2.05, 4.69) is 13.8 Å². The van der Waals surface area contributed by atoms with Crippen molar-refractivity contribution >= 4 is 16.1 Å². The lowest BCUT2D eigenvalue weighted by Gasteiger charge is -2.22. The Balaban J connectivity index is 3.52. The third kappa shape index (κ3) is 5.23. The third-order valence-corrected chi connectivity index (χ3v) is 4.61. The molecule has 0 bridgehead atoms. The SMILES string of the molecule is CC(C)c1cc(C(C)C)c(OS(=O)(=O)CC(=O)O)c(C(C)C)c1.